The van der Waals surface area contributed by atoms with Gasteiger partial charge in [-0.1, -0.05) is 17.7 Å². The van der Waals surface area contributed by atoms with E-state index < -0.39 is 23.0 Å². The first-order chi connectivity index (χ1) is 14.6. The van der Waals surface area contributed by atoms with Crippen molar-refractivity contribution in [3.05, 3.63) is 66.2 Å². The summed E-state index contributed by atoms with van der Waals surface area (Å²) in [4.78, 5) is 33.9. The molecule has 4 aromatic rings. The van der Waals surface area contributed by atoms with Crippen molar-refractivity contribution < 1.29 is 17.9 Å². The van der Waals surface area contributed by atoms with Gasteiger partial charge in [-0.3, -0.25) is 18.5 Å². The van der Waals surface area contributed by atoms with Crippen molar-refractivity contribution in [3.8, 4) is 11.8 Å². The molecule has 0 aliphatic rings. The van der Waals surface area contributed by atoms with E-state index in [9.17, 15) is 22.8 Å². The smallest absolute Gasteiger partial charge is 0.416 e. The quantitative estimate of drug-likeness (QED) is 0.455. The van der Waals surface area contributed by atoms with Crippen LogP contribution >= 0.6 is 22.9 Å². The van der Waals surface area contributed by atoms with Gasteiger partial charge in [0.25, 0.3) is 5.56 Å². The molecule has 0 aliphatic heterocycles. The van der Waals surface area contributed by atoms with Crippen LogP contribution in [0.25, 0.3) is 11.2 Å². The summed E-state index contributed by atoms with van der Waals surface area (Å²) in [7, 11) is 2.75. The molecule has 0 unspecified atom stereocenters. The van der Waals surface area contributed by atoms with Crippen LogP contribution in [-0.2, 0) is 26.8 Å². The lowest BCUT2D eigenvalue weighted by Crippen LogP contribution is -2.37. The van der Waals surface area contributed by atoms with E-state index in [-0.39, 0.29) is 33.9 Å². The number of hydrogen-bond donors (Lipinski definition) is 0. The van der Waals surface area contributed by atoms with Gasteiger partial charge in [0.2, 0.25) is 0 Å². The Hall–Kier alpha value is -3.12. The Labute approximate surface area is 180 Å². The predicted molar refractivity (Wildman–Crippen MR) is 108 cm³/mol. The van der Waals surface area contributed by atoms with Crippen LogP contribution in [-0.4, -0.2) is 23.7 Å². The van der Waals surface area contributed by atoms with E-state index in [0.29, 0.717) is 4.88 Å². The van der Waals surface area contributed by atoms with Crippen LogP contribution in [0.3, 0.4) is 0 Å². The van der Waals surface area contributed by atoms with Gasteiger partial charge in [-0.2, -0.15) is 18.2 Å². The van der Waals surface area contributed by atoms with Crippen LogP contribution in [0.15, 0.2) is 40.1 Å². The highest BCUT2D eigenvalue weighted by Gasteiger charge is 2.31. The van der Waals surface area contributed by atoms with Crippen molar-refractivity contribution in [2.24, 2.45) is 14.1 Å². The molecule has 8 nitrogen and oxygen atoms in total. The molecule has 0 atom stereocenters. The largest absolute Gasteiger partial charge is 0.425 e. The lowest BCUT2D eigenvalue weighted by molar-refractivity contribution is -0.137. The molecular weight excluding hydrogens is 459 g/mol. The minimum atomic E-state index is -4.56. The van der Waals surface area contributed by atoms with Gasteiger partial charge in [0.1, 0.15) is 5.75 Å². The first-order valence-electron chi connectivity index (χ1n) is 8.68. The molecule has 3 heterocycles. The Kier molecular flexibility index (Phi) is 5.13. The number of benzene rings is 1. The number of hydrogen-bond acceptors (Lipinski definition) is 6. The van der Waals surface area contributed by atoms with Crippen molar-refractivity contribution in [2.75, 3.05) is 0 Å². The molecule has 3 aromatic heterocycles. The summed E-state index contributed by atoms with van der Waals surface area (Å²) >= 11 is 7.04. The third-order valence-electron chi connectivity index (χ3n) is 4.52. The van der Waals surface area contributed by atoms with Crippen LogP contribution < -0.4 is 16.0 Å². The van der Waals surface area contributed by atoms with Gasteiger partial charge in [0.15, 0.2) is 15.6 Å². The zero-order chi connectivity index (χ0) is 22.5. The van der Waals surface area contributed by atoms with Gasteiger partial charge in [-0.25, -0.2) is 9.78 Å². The minimum Gasteiger partial charge on any atom is -0.425 e. The number of fused-ring (bicyclic) bond motifs is 1. The topological polar surface area (TPSA) is 83.9 Å². The first kappa shape index (κ1) is 21.1. The third kappa shape index (κ3) is 3.83. The van der Waals surface area contributed by atoms with E-state index in [1.165, 1.54) is 37.0 Å². The second-order valence-corrected chi connectivity index (χ2v) is 8.26. The van der Waals surface area contributed by atoms with Crippen molar-refractivity contribution in [2.45, 2.75) is 12.7 Å². The number of nitrogens with zero attached hydrogens (tertiary/aromatic N) is 5. The Morgan fingerprint density at radius 2 is 1.94 bits per heavy atom. The van der Waals surface area contributed by atoms with Crippen molar-refractivity contribution >= 4 is 34.1 Å². The first-order valence-corrected chi connectivity index (χ1v) is 9.87. The van der Waals surface area contributed by atoms with Crippen molar-refractivity contribution in [3.63, 3.8) is 0 Å². The zero-order valence-corrected chi connectivity index (χ0v) is 17.5. The van der Waals surface area contributed by atoms with E-state index in [0.717, 1.165) is 32.6 Å². The van der Waals surface area contributed by atoms with Gasteiger partial charge in [-0.15, -0.1) is 11.3 Å². The number of rotatable bonds is 4. The molecule has 0 fully saturated rings. The molecule has 0 spiro atoms. The van der Waals surface area contributed by atoms with Crippen LogP contribution in [0.1, 0.15) is 10.4 Å². The summed E-state index contributed by atoms with van der Waals surface area (Å²) < 4.78 is 48.5. The second kappa shape index (κ2) is 7.54. The maximum Gasteiger partial charge on any atom is 0.416 e. The molecule has 13 heteroatoms. The molecule has 1 aromatic carbocycles. The highest BCUT2D eigenvalue weighted by molar-refractivity contribution is 7.15. The van der Waals surface area contributed by atoms with Crippen molar-refractivity contribution in [1.82, 2.24) is 23.7 Å². The number of alkyl halides is 3. The number of imidazole rings is 1. The fraction of sp³-hybridized carbons (Fsp3) is 0.222. The summed E-state index contributed by atoms with van der Waals surface area (Å²) in [5.74, 6) is -0.129. The Morgan fingerprint density at radius 1 is 1.19 bits per heavy atom. The Balaban J connectivity index is 1.91. The van der Waals surface area contributed by atoms with E-state index in [2.05, 4.69) is 9.97 Å². The van der Waals surface area contributed by atoms with E-state index in [4.69, 9.17) is 16.3 Å². The third-order valence-corrected chi connectivity index (χ3v) is 5.62. The molecule has 4 rings (SSSR count). The molecule has 0 saturated carbocycles. The van der Waals surface area contributed by atoms with Gasteiger partial charge in [0.05, 0.1) is 12.1 Å². The average Bonchev–Trinajstić information content (AvgIpc) is 3.28. The normalized spacial score (nSPS) is 11.9. The summed E-state index contributed by atoms with van der Waals surface area (Å²) in [5, 5.41) is 0. The Morgan fingerprint density at radius 3 is 2.58 bits per heavy atom. The summed E-state index contributed by atoms with van der Waals surface area (Å²) in [6, 6.07) is 4.11. The van der Waals surface area contributed by atoms with Gasteiger partial charge >= 0.3 is 17.9 Å². The van der Waals surface area contributed by atoms with Crippen molar-refractivity contribution in [1.29, 1.82) is 0 Å². The van der Waals surface area contributed by atoms with E-state index in [1.54, 1.807) is 0 Å². The molecule has 162 valence electrons. The highest BCUT2D eigenvalue weighted by Crippen LogP contribution is 2.33. The standard InChI is InChI=1S/C18H13ClF3N5O3S/c1-25-13-12(14(28)26(2)17(25)29)27(8-11-7-23-15(19)31-11)16(24-13)30-10-5-3-4-9(6-10)18(20,21)22/h3-7H,8H2,1-2H3. The number of thiazole rings is 1. The SMILES string of the molecule is Cn1c(=O)c2c(nc(Oc3cccc(C(F)(F)F)c3)n2Cc2cnc(Cl)s2)n(C)c1=O. The van der Waals surface area contributed by atoms with E-state index in [1.807, 2.05) is 0 Å². The number of aromatic nitrogens is 5. The van der Waals surface area contributed by atoms with Gasteiger partial charge < -0.3 is 4.74 Å². The van der Waals surface area contributed by atoms with Gasteiger partial charge in [0, 0.05) is 25.2 Å². The fourth-order valence-electron chi connectivity index (χ4n) is 3.01. The molecule has 0 bridgehead atoms. The summed E-state index contributed by atoms with van der Waals surface area (Å²) in [6.45, 7) is 0.0582. The lowest BCUT2D eigenvalue weighted by atomic mass is 10.2. The maximum atomic E-state index is 13.1. The van der Waals surface area contributed by atoms with Crippen LogP contribution in [0, 0.1) is 0 Å². The molecule has 0 saturated heterocycles. The van der Waals surface area contributed by atoms with Gasteiger partial charge in [-0.05, 0) is 18.2 Å². The molecule has 0 radical (unpaired) electrons. The monoisotopic (exact) mass is 471 g/mol. The Bertz CT molecular complexity index is 1420. The van der Waals surface area contributed by atoms with Crippen LogP contribution in [0.5, 0.6) is 11.8 Å². The zero-order valence-electron chi connectivity index (χ0n) is 16.0. The van der Waals surface area contributed by atoms with Crippen LogP contribution in [0.2, 0.25) is 4.47 Å². The second-order valence-electron chi connectivity index (χ2n) is 6.57. The van der Waals surface area contributed by atoms with E-state index >= 15 is 0 Å². The molecule has 31 heavy (non-hydrogen) atoms. The van der Waals surface area contributed by atoms with Crippen LogP contribution in [0.4, 0.5) is 13.2 Å². The molecule has 0 amide bonds. The predicted octanol–water partition coefficient (Wildman–Crippen LogP) is 3.40. The summed E-state index contributed by atoms with van der Waals surface area (Å²) in [5.41, 5.74) is -2.04. The minimum absolute atomic E-state index is 0.0330. The lowest BCUT2D eigenvalue weighted by Gasteiger charge is -2.11. The number of halogens is 4. The molecule has 0 aliphatic carbocycles. The average molecular weight is 472 g/mol. The maximum absolute atomic E-state index is 13.1. The fourth-order valence-corrected chi connectivity index (χ4v) is 3.97. The number of ether oxygens (including phenoxy) is 1. The summed E-state index contributed by atoms with van der Waals surface area (Å²) in [6.07, 6.45) is -3.06. The molecular formula is C18H13ClF3N5O3S. The number of aryl methyl sites for hydroxylation is 1. The molecule has 0 N–H and O–H groups in total. The highest BCUT2D eigenvalue weighted by atomic mass is 35.5.